The number of ether oxygens (including phenoxy) is 2. The van der Waals surface area contributed by atoms with Crippen LogP contribution in [0.15, 0.2) is 24.3 Å². The second-order valence-corrected chi connectivity index (χ2v) is 9.05. The number of para-hydroxylation sites is 1. The SMILES string of the molecule is CN1CCOc2ccccc2CCCCC2(CCN(C3CCOCC3)CC2)C1=O. The van der Waals surface area contributed by atoms with E-state index in [1.165, 1.54) is 5.56 Å². The molecule has 0 radical (unpaired) electrons. The summed E-state index contributed by atoms with van der Waals surface area (Å²) in [6, 6.07) is 9.00. The highest BCUT2D eigenvalue weighted by Crippen LogP contribution is 2.40. The normalized spacial score (nSPS) is 25.0. The number of amides is 1. The first kappa shape index (κ1) is 20.7. The van der Waals surface area contributed by atoms with Crippen molar-refractivity contribution >= 4 is 5.91 Å². The van der Waals surface area contributed by atoms with Crippen molar-refractivity contribution in [2.75, 3.05) is 46.5 Å². The van der Waals surface area contributed by atoms with E-state index in [9.17, 15) is 4.79 Å². The van der Waals surface area contributed by atoms with Gasteiger partial charge in [-0.2, -0.15) is 0 Å². The van der Waals surface area contributed by atoms with Crippen LogP contribution in [-0.4, -0.2) is 68.3 Å². The van der Waals surface area contributed by atoms with E-state index in [0.29, 0.717) is 25.1 Å². The summed E-state index contributed by atoms with van der Waals surface area (Å²) in [4.78, 5) is 18.0. The van der Waals surface area contributed by atoms with E-state index in [1.807, 2.05) is 18.0 Å². The lowest BCUT2D eigenvalue weighted by atomic mass is 9.72. The Balaban J connectivity index is 1.43. The highest BCUT2D eigenvalue weighted by Gasteiger charge is 2.43. The van der Waals surface area contributed by atoms with Crippen LogP contribution >= 0.6 is 0 Å². The second kappa shape index (κ2) is 9.48. The fraction of sp³-hybridized carbons (Fsp3) is 0.708. The molecule has 1 amide bonds. The summed E-state index contributed by atoms with van der Waals surface area (Å²) in [6.45, 7) is 5.07. The number of aryl methyl sites for hydroxylation is 1. The molecule has 0 unspecified atom stereocenters. The third-order valence-electron chi connectivity index (χ3n) is 7.27. The van der Waals surface area contributed by atoms with Gasteiger partial charge in [-0.1, -0.05) is 24.6 Å². The van der Waals surface area contributed by atoms with Crippen LogP contribution in [0.1, 0.15) is 50.5 Å². The number of fused-ring (bicyclic) bond motifs is 1. The average molecular weight is 401 g/mol. The Bertz CT molecular complexity index is 678. The molecule has 2 fully saturated rings. The molecule has 0 N–H and O–H groups in total. The Morgan fingerprint density at radius 3 is 2.52 bits per heavy atom. The van der Waals surface area contributed by atoms with Crippen LogP contribution in [-0.2, 0) is 16.0 Å². The van der Waals surface area contributed by atoms with Crippen LogP contribution in [0.2, 0.25) is 0 Å². The smallest absolute Gasteiger partial charge is 0.228 e. The molecule has 3 aliphatic rings. The van der Waals surface area contributed by atoms with Crippen molar-refractivity contribution in [3.63, 3.8) is 0 Å². The van der Waals surface area contributed by atoms with Crippen molar-refractivity contribution in [3.8, 4) is 5.75 Å². The topological polar surface area (TPSA) is 42.0 Å². The van der Waals surface area contributed by atoms with Crippen LogP contribution in [0.25, 0.3) is 0 Å². The van der Waals surface area contributed by atoms with Gasteiger partial charge in [-0.25, -0.2) is 0 Å². The van der Waals surface area contributed by atoms with E-state index in [4.69, 9.17) is 9.47 Å². The number of hydrogen-bond acceptors (Lipinski definition) is 4. The molecule has 0 aromatic heterocycles. The molecule has 0 aliphatic carbocycles. The van der Waals surface area contributed by atoms with Gasteiger partial charge in [0.25, 0.3) is 0 Å². The van der Waals surface area contributed by atoms with Gasteiger partial charge in [0, 0.05) is 26.3 Å². The maximum absolute atomic E-state index is 13.5. The molecular weight excluding hydrogens is 364 g/mol. The Hall–Kier alpha value is -1.59. The molecule has 3 heterocycles. The summed E-state index contributed by atoms with van der Waals surface area (Å²) in [5, 5.41) is 0. The first-order valence-electron chi connectivity index (χ1n) is 11.5. The van der Waals surface area contributed by atoms with Crippen molar-refractivity contribution in [2.24, 2.45) is 5.41 Å². The minimum atomic E-state index is -0.185. The van der Waals surface area contributed by atoms with Crippen molar-refractivity contribution in [1.29, 1.82) is 0 Å². The lowest BCUT2D eigenvalue weighted by Gasteiger charge is -2.45. The van der Waals surface area contributed by atoms with Gasteiger partial charge in [0.2, 0.25) is 5.91 Å². The minimum Gasteiger partial charge on any atom is -0.491 e. The summed E-state index contributed by atoms with van der Waals surface area (Å²) in [6.07, 6.45) is 8.52. The molecule has 2 saturated heterocycles. The summed E-state index contributed by atoms with van der Waals surface area (Å²) in [7, 11) is 1.95. The van der Waals surface area contributed by atoms with Gasteiger partial charge in [0.15, 0.2) is 0 Å². The quantitative estimate of drug-likeness (QED) is 0.723. The Morgan fingerprint density at radius 2 is 1.72 bits per heavy atom. The van der Waals surface area contributed by atoms with Gasteiger partial charge >= 0.3 is 0 Å². The van der Waals surface area contributed by atoms with Crippen molar-refractivity contribution in [2.45, 2.75) is 57.4 Å². The molecule has 3 aliphatic heterocycles. The van der Waals surface area contributed by atoms with E-state index < -0.39 is 0 Å². The summed E-state index contributed by atoms with van der Waals surface area (Å²) < 4.78 is 11.6. The maximum atomic E-state index is 13.5. The maximum Gasteiger partial charge on any atom is 0.228 e. The zero-order chi connectivity index (χ0) is 20.1. The monoisotopic (exact) mass is 400 g/mol. The van der Waals surface area contributed by atoms with E-state index in [1.54, 1.807) is 0 Å². The molecule has 1 aromatic carbocycles. The van der Waals surface area contributed by atoms with Crippen LogP contribution in [0, 0.1) is 5.41 Å². The highest BCUT2D eigenvalue weighted by atomic mass is 16.5. The van der Waals surface area contributed by atoms with Crippen molar-refractivity contribution in [1.82, 2.24) is 9.80 Å². The van der Waals surface area contributed by atoms with E-state index in [2.05, 4.69) is 23.1 Å². The average Bonchev–Trinajstić information content (AvgIpc) is 2.77. The Morgan fingerprint density at radius 1 is 0.966 bits per heavy atom. The summed E-state index contributed by atoms with van der Waals surface area (Å²) >= 11 is 0. The lowest BCUT2D eigenvalue weighted by molar-refractivity contribution is -0.145. The number of carbonyl (C=O) groups is 1. The molecule has 0 saturated carbocycles. The number of piperidine rings is 1. The number of nitrogens with zero attached hydrogens (tertiary/aromatic N) is 2. The van der Waals surface area contributed by atoms with Crippen LogP contribution in [0.5, 0.6) is 5.75 Å². The number of likely N-dealkylation sites (tertiary alicyclic amines) is 1. The number of carbonyl (C=O) groups excluding carboxylic acids is 1. The molecule has 160 valence electrons. The summed E-state index contributed by atoms with van der Waals surface area (Å²) in [5.41, 5.74) is 1.11. The second-order valence-electron chi connectivity index (χ2n) is 9.05. The molecule has 0 bridgehead atoms. The lowest BCUT2D eigenvalue weighted by Crippen LogP contribution is -2.52. The molecule has 5 nitrogen and oxygen atoms in total. The van der Waals surface area contributed by atoms with Crippen LogP contribution < -0.4 is 4.74 Å². The van der Waals surface area contributed by atoms with Gasteiger partial charge in [0.05, 0.1) is 12.0 Å². The predicted molar refractivity (Wildman–Crippen MR) is 114 cm³/mol. The molecule has 4 rings (SSSR count). The summed E-state index contributed by atoms with van der Waals surface area (Å²) in [5.74, 6) is 1.31. The standard InChI is InChI=1S/C24H36N2O3/c1-25-16-19-29-22-8-3-2-6-20(22)7-4-5-11-24(23(25)27)12-14-26(15-13-24)21-9-17-28-18-10-21/h2-3,6,8,21H,4-5,7,9-19H2,1H3. The number of benzene rings is 1. The number of likely N-dealkylation sites (N-methyl/N-ethyl adjacent to an activating group) is 1. The largest absolute Gasteiger partial charge is 0.491 e. The van der Waals surface area contributed by atoms with E-state index in [-0.39, 0.29) is 5.41 Å². The van der Waals surface area contributed by atoms with Gasteiger partial charge in [-0.15, -0.1) is 0 Å². The molecule has 5 heteroatoms. The first-order chi connectivity index (χ1) is 14.2. The Labute approximate surface area is 175 Å². The highest BCUT2D eigenvalue weighted by molar-refractivity contribution is 5.82. The number of rotatable bonds is 1. The van der Waals surface area contributed by atoms with Gasteiger partial charge in [-0.05, 0) is 69.7 Å². The van der Waals surface area contributed by atoms with E-state index >= 15 is 0 Å². The van der Waals surface area contributed by atoms with E-state index in [0.717, 1.165) is 83.4 Å². The fourth-order valence-corrected chi connectivity index (χ4v) is 5.37. The molecule has 29 heavy (non-hydrogen) atoms. The van der Waals surface area contributed by atoms with Crippen molar-refractivity contribution in [3.05, 3.63) is 29.8 Å². The predicted octanol–water partition coefficient (Wildman–Crippen LogP) is 3.51. The zero-order valence-electron chi connectivity index (χ0n) is 17.9. The Kier molecular flexibility index (Phi) is 6.76. The molecule has 0 atom stereocenters. The van der Waals surface area contributed by atoms with Crippen LogP contribution in [0.3, 0.4) is 0 Å². The third kappa shape index (κ3) is 4.77. The molecule has 1 spiro atoms. The first-order valence-corrected chi connectivity index (χ1v) is 11.5. The van der Waals surface area contributed by atoms with Crippen LogP contribution in [0.4, 0.5) is 0 Å². The number of hydrogen-bond donors (Lipinski definition) is 0. The minimum absolute atomic E-state index is 0.185. The fourth-order valence-electron chi connectivity index (χ4n) is 5.37. The molecule has 1 aromatic rings. The van der Waals surface area contributed by atoms with Gasteiger partial charge < -0.3 is 19.3 Å². The zero-order valence-corrected chi connectivity index (χ0v) is 17.9. The van der Waals surface area contributed by atoms with Gasteiger partial charge in [-0.3, -0.25) is 4.79 Å². The van der Waals surface area contributed by atoms with Crippen molar-refractivity contribution < 1.29 is 14.3 Å². The van der Waals surface area contributed by atoms with Gasteiger partial charge in [0.1, 0.15) is 12.4 Å². The third-order valence-corrected chi connectivity index (χ3v) is 7.27. The molecular formula is C24H36N2O3.